The number of anilines is 2. The van der Waals surface area contributed by atoms with Crippen LogP contribution in [0.4, 0.5) is 16.3 Å². The zero-order valence-electron chi connectivity index (χ0n) is 15.1. The van der Waals surface area contributed by atoms with Crippen molar-refractivity contribution in [2.75, 3.05) is 36.4 Å². The third kappa shape index (κ3) is 3.48. The van der Waals surface area contributed by atoms with Crippen LogP contribution in [0.1, 0.15) is 5.56 Å². The molecule has 138 valence electrons. The van der Waals surface area contributed by atoms with Crippen LogP contribution in [0.25, 0.3) is 10.9 Å². The summed E-state index contributed by atoms with van der Waals surface area (Å²) in [5.41, 5.74) is 1.85. The van der Waals surface area contributed by atoms with Crippen LogP contribution in [-0.4, -0.2) is 47.1 Å². The van der Waals surface area contributed by atoms with Crippen LogP contribution in [0.3, 0.4) is 0 Å². The van der Waals surface area contributed by atoms with Crippen LogP contribution in [0.2, 0.25) is 0 Å². The van der Waals surface area contributed by atoms with Gasteiger partial charge in [-0.25, -0.2) is 9.78 Å². The van der Waals surface area contributed by atoms with Gasteiger partial charge in [0.15, 0.2) is 0 Å². The number of nitrogens with zero attached hydrogens (tertiary/aromatic N) is 3. The molecule has 0 saturated carbocycles. The highest BCUT2D eigenvalue weighted by Crippen LogP contribution is 2.15. The summed E-state index contributed by atoms with van der Waals surface area (Å²) < 4.78 is 0. The van der Waals surface area contributed by atoms with E-state index in [2.05, 4.69) is 20.2 Å². The van der Waals surface area contributed by atoms with E-state index >= 15 is 0 Å². The molecule has 27 heavy (non-hydrogen) atoms. The van der Waals surface area contributed by atoms with Gasteiger partial charge < -0.3 is 20.1 Å². The largest absolute Gasteiger partial charge is 0.359 e. The second kappa shape index (κ2) is 7.11. The van der Waals surface area contributed by atoms with Gasteiger partial charge in [-0.1, -0.05) is 17.7 Å². The lowest BCUT2D eigenvalue weighted by Gasteiger charge is -2.35. The lowest BCUT2D eigenvalue weighted by Crippen LogP contribution is -2.50. The Morgan fingerprint density at radius 3 is 2.70 bits per heavy atom. The molecule has 0 atom stereocenters. The van der Waals surface area contributed by atoms with Crippen LogP contribution in [0.5, 0.6) is 0 Å². The van der Waals surface area contributed by atoms with Gasteiger partial charge in [0.25, 0.3) is 0 Å². The molecule has 1 aliphatic heterocycles. The summed E-state index contributed by atoms with van der Waals surface area (Å²) in [7, 11) is 0. The first-order valence-electron chi connectivity index (χ1n) is 8.96. The van der Waals surface area contributed by atoms with Gasteiger partial charge in [-0.05, 0) is 31.2 Å². The Morgan fingerprint density at radius 1 is 1.15 bits per heavy atom. The van der Waals surface area contributed by atoms with Crippen molar-refractivity contribution in [3.05, 3.63) is 64.6 Å². The highest BCUT2D eigenvalue weighted by molar-refractivity contribution is 5.92. The maximum atomic E-state index is 12.7. The number of fused-ring (bicyclic) bond motifs is 1. The third-order valence-corrected chi connectivity index (χ3v) is 4.82. The summed E-state index contributed by atoms with van der Waals surface area (Å²) in [6, 6.07) is 11.2. The number of hydrogen-bond acceptors (Lipinski definition) is 4. The van der Waals surface area contributed by atoms with E-state index in [1.807, 2.05) is 43.3 Å². The SMILES string of the molecule is Cc1ccc2[nH]cc(NC(=O)N3CCN(c4ccccn4)CC3)c(=O)c2c1. The van der Waals surface area contributed by atoms with Crippen molar-refractivity contribution in [1.29, 1.82) is 0 Å². The van der Waals surface area contributed by atoms with Gasteiger partial charge >= 0.3 is 6.03 Å². The number of nitrogens with one attached hydrogen (secondary N) is 2. The lowest BCUT2D eigenvalue weighted by atomic mass is 10.1. The Labute approximate surface area is 156 Å². The van der Waals surface area contributed by atoms with E-state index in [1.165, 1.54) is 0 Å². The molecule has 0 radical (unpaired) electrons. The number of aromatic amines is 1. The first-order valence-corrected chi connectivity index (χ1v) is 8.96. The number of carbonyl (C=O) groups is 1. The fraction of sp³-hybridized carbons (Fsp3) is 0.250. The van der Waals surface area contributed by atoms with Crippen molar-refractivity contribution in [2.45, 2.75) is 6.92 Å². The molecule has 1 fully saturated rings. The monoisotopic (exact) mass is 363 g/mol. The summed E-state index contributed by atoms with van der Waals surface area (Å²) in [5, 5.41) is 3.33. The van der Waals surface area contributed by atoms with Gasteiger partial charge in [-0.3, -0.25) is 4.79 Å². The second-order valence-electron chi connectivity index (χ2n) is 6.67. The number of pyridine rings is 2. The first-order chi connectivity index (χ1) is 13.1. The molecular formula is C20H21N5O2. The topological polar surface area (TPSA) is 81.3 Å². The van der Waals surface area contributed by atoms with E-state index in [0.717, 1.165) is 16.9 Å². The smallest absolute Gasteiger partial charge is 0.322 e. The molecule has 1 saturated heterocycles. The van der Waals surface area contributed by atoms with Gasteiger partial charge in [-0.15, -0.1) is 0 Å². The van der Waals surface area contributed by atoms with Crippen molar-refractivity contribution >= 4 is 28.4 Å². The molecule has 0 unspecified atom stereocenters. The predicted molar refractivity (Wildman–Crippen MR) is 106 cm³/mol. The molecule has 3 aromatic rings. The Balaban J connectivity index is 1.45. The number of aromatic nitrogens is 2. The van der Waals surface area contributed by atoms with E-state index < -0.39 is 0 Å². The average Bonchev–Trinajstić information content (AvgIpc) is 2.71. The van der Waals surface area contributed by atoms with Crippen molar-refractivity contribution in [2.24, 2.45) is 0 Å². The summed E-state index contributed by atoms with van der Waals surface area (Å²) in [6.45, 7) is 4.50. The second-order valence-corrected chi connectivity index (χ2v) is 6.67. The zero-order chi connectivity index (χ0) is 18.8. The summed E-state index contributed by atoms with van der Waals surface area (Å²) in [4.78, 5) is 36.6. The third-order valence-electron chi connectivity index (χ3n) is 4.82. The van der Waals surface area contributed by atoms with Crippen molar-refractivity contribution in [3.8, 4) is 0 Å². The zero-order valence-corrected chi connectivity index (χ0v) is 15.1. The standard InChI is InChI=1S/C20H21N5O2/c1-14-5-6-16-15(12-14)19(26)17(13-22-16)23-20(27)25-10-8-24(9-11-25)18-4-2-3-7-21-18/h2-7,12-13H,8-11H2,1H3,(H,22,26)(H,23,27). The molecule has 0 aliphatic carbocycles. The molecule has 2 amide bonds. The molecule has 2 aromatic heterocycles. The van der Waals surface area contributed by atoms with Crippen molar-refractivity contribution in [1.82, 2.24) is 14.9 Å². The van der Waals surface area contributed by atoms with E-state index in [4.69, 9.17) is 0 Å². The minimum absolute atomic E-state index is 0.173. The molecule has 0 spiro atoms. The van der Waals surface area contributed by atoms with E-state index in [0.29, 0.717) is 31.6 Å². The molecule has 2 N–H and O–H groups in total. The Bertz CT molecular complexity index is 1020. The van der Waals surface area contributed by atoms with Gasteiger partial charge in [0.1, 0.15) is 11.5 Å². The number of benzene rings is 1. The minimum Gasteiger partial charge on any atom is -0.359 e. The highest BCUT2D eigenvalue weighted by atomic mass is 16.2. The summed E-state index contributed by atoms with van der Waals surface area (Å²) in [5.74, 6) is 0.916. The molecule has 7 nitrogen and oxygen atoms in total. The van der Waals surface area contributed by atoms with Crippen molar-refractivity contribution < 1.29 is 4.79 Å². The first kappa shape index (κ1) is 17.1. The number of amides is 2. The Hall–Kier alpha value is -3.35. The number of piperazine rings is 1. The fourth-order valence-electron chi connectivity index (χ4n) is 3.30. The van der Waals surface area contributed by atoms with Crippen LogP contribution in [-0.2, 0) is 0 Å². The molecule has 1 aromatic carbocycles. The van der Waals surface area contributed by atoms with Crippen LogP contribution >= 0.6 is 0 Å². The number of urea groups is 1. The molecule has 3 heterocycles. The molecule has 7 heteroatoms. The van der Waals surface area contributed by atoms with Gasteiger partial charge in [-0.2, -0.15) is 0 Å². The fourth-order valence-corrected chi connectivity index (χ4v) is 3.30. The molecule has 0 bridgehead atoms. The maximum absolute atomic E-state index is 12.7. The predicted octanol–water partition coefficient (Wildman–Crippen LogP) is 2.59. The van der Waals surface area contributed by atoms with E-state index in [1.54, 1.807) is 17.3 Å². The summed E-state index contributed by atoms with van der Waals surface area (Å²) >= 11 is 0. The number of H-pyrrole nitrogens is 1. The van der Waals surface area contributed by atoms with Crippen LogP contribution in [0.15, 0.2) is 53.6 Å². The molecule has 4 rings (SSSR count). The summed E-state index contributed by atoms with van der Waals surface area (Å²) in [6.07, 6.45) is 3.32. The maximum Gasteiger partial charge on any atom is 0.322 e. The highest BCUT2D eigenvalue weighted by Gasteiger charge is 2.22. The molecular weight excluding hydrogens is 342 g/mol. The normalized spacial score (nSPS) is 14.4. The quantitative estimate of drug-likeness (QED) is 0.733. The number of aryl methyl sites for hydroxylation is 1. The van der Waals surface area contributed by atoms with Gasteiger partial charge in [0, 0.05) is 49.5 Å². The molecule has 1 aliphatic rings. The minimum atomic E-state index is -0.256. The number of rotatable bonds is 2. The van der Waals surface area contributed by atoms with Gasteiger partial charge in [0.2, 0.25) is 5.43 Å². The van der Waals surface area contributed by atoms with Crippen molar-refractivity contribution in [3.63, 3.8) is 0 Å². The lowest BCUT2D eigenvalue weighted by molar-refractivity contribution is 0.208. The number of hydrogen-bond donors (Lipinski definition) is 2. The Kier molecular flexibility index (Phi) is 4.50. The van der Waals surface area contributed by atoms with Crippen LogP contribution < -0.4 is 15.6 Å². The number of carbonyl (C=O) groups excluding carboxylic acids is 1. The van der Waals surface area contributed by atoms with E-state index in [-0.39, 0.29) is 17.1 Å². The van der Waals surface area contributed by atoms with Crippen LogP contribution in [0, 0.1) is 6.92 Å². The van der Waals surface area contributed by atoms with E-state index in [9.17, 15) is 9.59 Å². The average molecular weight is 363 g/mol. The Morgan fingerprint density at radius 2 is 1.96 bits per heavy atom. The van der Waals surface area contributed by atoms with Gasteiger partial charge in [0.05, 0.1) is 0 Å².